The largest absolute Gasteiger partial charge is 0.377 e. The summed E-state index contributed by atoms with van der Waals surface area (Å²) in [4.78, 5) is 0. The molecule has 2 nitrogen and oxygen atoms in total. The first-order valence-electron chi connectivity index (χ1n) is 6.49. The summed E-state index contributed by atoms with van der Waals surface area (Å²) in [5.41, 5.74) is 0.675. The second-order valence-electron chi connectivity index (χ2n) is 4.70. The van der Waals surface area contributed by atoms with Crippen LogP contribution < -0.4 is 5.32 Å². The van der Waals surface area contributed by atoms with Gasteiger partial charge in [0.25, 0.3) is 0 Å². The molecule has 0 amide bonds. The van der Waals surface area contributed by atoms with E-state index in [1.54, 1.807) is 0 Å². The van der Waals surface area contributed by atoms with Gasteiger partial charge in [0.1, 0.15) is 11.6 Å². The van der Waals surface area contributed by atoms with Crippen molar-refractivity contribution < 1.29 is 13.5 Å². The number of nitrogens with one attached hydrogen (secondary N) is 1. The molecule has 0 bridgehead atoms. The Balaban J connectivity index is 2.07. The smallest absolute Gasteiger partial charge is 0.126 e. The maximum absolute atomic E-state index is 13.1. The average Bonchev–Trinajstić information content (AvgIpc) is 2.80. The molecule has 1 aromatic carbocycles. The van der Waals surface area contributed by atoms with Gasteiger partial charge in [-0.25, -0.2) is 8.78 Å². The fourth-order valence-corrected chi connectivity index (χ4v) is 2.50. The normalized spacial score (nSPS) is 21.2. The van der Waals surface area contributed by atoms with Crippen LogP contribution in [0.15, 0.2) is 18.2 Å². The third kappa shape index (κ3) is 3.50. The van der Waals surface area contributed by atoms with Crippen LogP contribution in [0.2, 0.25) is 0 Å². The molecule has 2 rings (SSSR count). The van der Waals surface area contributed by atoms with Crippen LogP contribution in [0.5, 0.6) is 0 Å². The summed E-state index contributed by atoms with van der Waals surface area (Å²) in [5.74, 6) is -1.04. The highest BCUT2D eigenvalue weighted by Gasteiger charge is 2.25. The fraction of sp³-hybridized carbons (Fsp3) is 0.571. The highest BCUT2D eigenvalue weighted by atomic mass is 19.1. The Morgan fingerprint density at radius 1 is 1.33 bits per heavy atom. The Hall–Kier alpha value is -1.00. The van der Waals surface area contributed by atoms with Gasteiger partial charge in [-0.1, -0.05) is 6.92 Å². The summed E-state index contributed by atoms with van der Waals surface area (Å²) in [6.45, 7) is 3.63. The second-order valence-corrected chi connectivity index (χ2v) is 4.70. The average molecular weight is 255 g/mol. The molecule has 18 heavy (non-hydrogen) atoms. The molecule has 1 fully saturated rings. The van der Waals surface area contributed by atoms with Crippen molar-refractivity contribution in [3.05, 3.63) is 35.4 Å². The van der Waals surface area contributed by atoms with Crippen LogP contribution in [0, 0.1) is 11.6 Å². The quantitative estimate of drug-likeness (QED) is 0.873. The van der Waals surface area contributed by atoms with Crippen molar-refractivity contribution in [1.29, 1.82) is 0 Å². The SMILES string of the molecule is CCNC(Cc1cc(F)cc(F)c1)C1CCCO1. The first-order valence-corrected chi connectivity index (χ1v) is 6.49. The molecule has 1 saturated heterocycles. The van der Waals surface area contributed by atoms with Crippen LogP contribution in [-0.2, 0) is 11.2 Å². The van der Waals surface area contributed by atoms with Gasteiger partial charge in [0.2, 0.25) is 0 Å². The molecule has 100 valence electrons. The third-order valence-electron chi connectivity index (χ3n) is 3.26. The molecular weight excluding hydrogens is 236 g/mol. The van der Waals surface area contributed by atoms with Gasteiger partial charge in [-0.05, 0) is 43.5 Å². The van der Waals surface area contributed by atoms with Crippen LogP contribution in [0.3, 0.4) is 0 Å². The van der Waals surface area contributed by atoms with Crippen LogP contribution in [0.25, 0.3) is 0 Å². The maximum atomic E-state index is 13.1. The molecule has 0 radical (unpaired) electrons. The van der Waals surface area contributed by atoms with Gasteiger partial charge < -0.3 is 10.1 Å². The summed E-state index contributed by atoms with van der Waals surface area (Å²) in [6, 6.07) is 3.81. The zero-order valence-electron chi connectivity index (χ0n) is 10.6. The Morgan fingerprint density at radius 3 is 2.61 bits per heavy atom. The number of benzene rings is 1. The lowest BCUT2D eigenvalue weighted by molar-refractivity contribution is 0.0788. The molecular formula is C14H19F2NO. The minimum absolute atomic E-state index is 0.124. The molecule has 0 aromatic heterocycles. The predicted molar refractivity (Wildman–Crippen MR) is 66.5 cm³/mol. The summed E-state index contributed by atoms with van der Waals surface area (Å²) in [7, 11) is 0. The Morgan fingerprint density at radius 2 is 2.06 bits per heavy atom. The van der Waals surface area contributed by atoms with Crippen LogP contribution in [0.4, 0.5) is 8.78 Å². The number of halogens is 2. The van der Waals surface area contributed by atoms with Crippen molar-refractivity contribution in [3.63, 3.8) is 0 Å². The van der Waals surface area contributed by atoms with Crippen molar-refractivity contribution in [1.82, 2.24) is 5.32 Å². The van der Waals surface area contributed by atoms with Crippen LogP contribution >= 0.6 is 0 Å². The van der Waals surface area contributed by atoms with Gasteiger partial charge in [0, 0.05) is 18.7 Å². The number of likely N-dealkylation sites (N-methyl/N-ethyl adjacent to an activating group) is 1. The summed E-state index contributed by atoms with van der Waals surface area (Å²) < 4.78 is 31.9. The van der Waals surface area contributed by atoms with E-state index in [2.05, 4.69) is 5.32 Å². The minimum Gasteiger partial charge on any atom is -0.377 e. The van der Waals surface area contributed by atoms with E-state index in [0.29, 0.717) is 12.0 Å². The van der Waals surface area contributed by atoms with Gasteiger partial charge in [0.15, 0.2) is 0 Å². The maximum Gasteiger partial charge on any atom is 0.126 e. The van der Waals surface area contributed by atoms with Crippen molar-refractivity contribution in [2.24, 2.45) is 0 Å². The van der Waals surface area contributed by atoms with Gasteiger partial charge in [-0.2, -0.15) is 0 Å². The van der Waals surface area contributed by atoms with E-state index in [9.17, 15) is 8.78 Å². The van der Waals surface area contributed by atoms with Crippen molar-refractivity contribution in [3.8, 4) is 0 Å². The van der Waals surface area contributed by atoms with E-state index < -0.39 is 11.6 Å². The molecule has 4 heteroatoms. The minimum atomic E-state index is -0.521. The number of ether oxygens (including phenoxy) is 1. The molecule has 1 aliphatic rings. The molecule has 1 heterocycles. The van der Waals surface area contributed by atoms with E-state index in [-0.39, 0.29) is 12.1 Å². The van der Waals surface area contributed by atoms with Crippen LogP contribution in [-0.4, -0.2) is 25.3 Å². The first kappa shape index (κ1) is 13.4. The lowest BCUT2D eigenvalue weighted by Crippen LogP contribution is -2.41. The molecule has 1 aliphatic heterocycles. The zero-order valence-corrected chi connectivity index (χ0v) is 10.6. The molecule has 0 saturated carbocycles. The Bertz CT molecular complexity index is 371. The Labute approximate surface area is 106 Å². The van der Waals surface area contributed by atoms with E-state index >= 15 is 0 Å². The number of hydrogen-bond donors (Lipinski definition) is 1. The third-order valence-corrected chi connectivity index (χ3v) is 3.26. The highest BCUT2D eigenvalue weighted by molar-refractivity contribution is 5.19. The fourth-order valence-electron chi connectivity index (χ4n) is 2.50. The number of hydrogen-bond acceptors (Lipinski definition) is 2. The number of rotatable bonds is 5. The lowest BCUT2D eigenvalue weighted by atomic mass is 9.99. The van der Waals surface area contributed by atoms with E-state index in [4.69, 9.17) is 4.74 Å². The highest BCUT2D eigenvalue weighted by Crippen LogP contribution is 2.19. The molecule has 2 atom stereocenters. The van der Waals surface area contributed by atoms with E-state index in [1.807, 2.05) is 6.92 Å². The molecule has 2 unspecified atom stereocenters. The monoisotopic (exact) mass is 255 g/mol. The summed E-state index contributed by atoms with van der Waals surface area (Å²) in [6.07, 6.45) is 2.81. The summed E-state index contributed by atoms with van der Waals surface area (Å²) in [5, 5.41) is 3.34. The predicted octanol–water partition coefficient (Wildman–Crippen LogP) is 2.66. The van der Waals surface area contributed by atoms with Crippen molar-refractivity contribution in [2.75, 3.05) is 13.2 Å². The molecule has 0 spiro atoms. The van der Waals surface area contributed by atoms with E-state index in [0.717, 1.165) is 32.1 Å². The van der Waals surface area contributed by atoms with E-state index in [1.165, 1.54) is 12.1 Å². The molecule has 1 aromatic rings. The topological polar surface area (TPSA) is 21.3 Å². The Kier molecular flexibility index (Phi) is 4.66. The lowest BCUT2D eigenvalue weighted by Gasteiger charge is -2.24. The molecule has 0 aliphatic carbocycles. The van der Waals surface area contributed by atoms with Gasteiger partial charge in [0.05, 0.1) is 6.10 Å². The van der Waals surface area contributed by atoms with Gasteiger partial charge >= 0.3 is 0 Å². The first-order chi connectivity index (χ1) is 8.69. The second kappa shape index (κ2) is 6.25. The van der Waals surface area contributed by atoms with Crippen LogP contribution in [0.1, 0.15) is 25.3 Å². The van der Waals surface area contributed by atoms with Crippen molar-refractivity contribution >= 4 is 0 Å². The van der Waals surface area contributed by atoms with Gasteiger partial charge in [-0.3, -0.25) is 0 Å². The van der Waals surface area contributed by atoms with Gasteiger partial charge in [-0.15, -0.1) is 0 Å². The summed E-state index contributed by atoms with van der Waals surface area (Å²) >= 11 is 0. The standard InChI is InChI=1S/C14H19F2NO/c1-2-17-13(14-4-3-5-18-14)8-10-6-11(15)9-12(16)7-10/h6-7,9,13-14,17H,2-5,8H2,1H3. The van der Waals surface area contributed by atoms with Crippen molar-refractivity contribution in [2.45, 2.75) is 38.3 Å². The molecule has 1 N–H and O–H groups in total. The zero-order chi connectivity index (χ0) is 13.0.